The number of carbonyl (C=O) groups is 2. The molecule has 1 atom stereocenters. The van der Waals surface area contributed by atoms with Gasteiger partial charge < -0.3 is 14.4 Å². The van der Waals surface area contributed by atoms with E-state index in [1.165, 1.54) is 0 Å². The SMILES string of the molecule is CC(C)COc1ccccc1CN1CCC2(CC1)CCN(C(=O)c1cccc(C(F)(F)F)c1)C2OC(=O)C(F)(F)F. The molecule has 0 bridgehead atoms. The Morgan fingerprint density at radius 2 is 1.61 bits per heavy atom. The van der Waals surface area contributed by atoms with Gasteiger partial charge in [-0.15, -0.1) is 0 Å². The van der Waals surface area contributed by atoms with Crippen LogP contribution in [0, 0.1) is 11.3 Å². The van der Waals surface area contributed by atoms with E-state index in [0.717, 1.165) is 34.4 Å². The number of halogens is 6. The highest BCUT2D eigenvalue weighted by molar-refractivity contribution is 5.95. The van der Waals surface area contributed by atoms with Crippen molar-refractivity contribution < 1.29 is 45.4 Å². The van der Waals surface area contributed by atoms with Gasteiger partial charge in [0.05, 0.1) is 12.2 Å². The third kappa shape index (κ3) is 7.14. The molecule has 224 valence electrons. The zero-order chi connectivity index (χ0) is 30.0. The Kier molecular flexibility index (Phi) is 8.91. The number of likely N-dealkylation sites (tertiary alicyclic amines) is 2. The summed E-state index contributed by atoms with van der Waals surface area (Å²) in [6.45, 7) is 5.99. The second-order valence-electron chi connectivity index (χ2n) is 11.0. The first kappa shape index (κ1) is 30.7. The lowest BCUT2D eigenvalue weighted by Gasteiger charge is -2.43. The van der Waals surface area contributed by atoms with Crippen LogP contribution in [0.15, 0.2) is 48.5 Å². The fourth-order valence-electron chi connectivity index (χ4n) is 5.40. The first-order valence-electron chi connectivity index (χ1n) is 13.4. The van der Waals surface area contributed by atoms with Crippen LogP contribution in [0.4, 0.5) is 26.3 Å². The van der Waals surface area contributed by atoms with Crippen molar-refractivity contribution in [2.24, 2.45) is 11.3 Å². The maximum absolute atomic E-state index is 13.3. The van der Waals surface area contributed by atoms with E-state index in [1.807, 2.05) is 38.1 Å². The summed E-state index contributed by atoms with van der Waals surface area (Å²) in [6.07, 6.45) is -10.7. The Hall–Kier alpha value is -3.28. The Labute approximate surface area is 234 Å². The first-order valence-corrected chi connectivity index (χ1v) is 13.4. The molecular weight excluding hydrogens is 554 g/mol. The van der Waals surface area contributed by atoms with E-state index < -0.39 is 41.4 Å². The Morgan fingerprint density at radius 1 is 0.951 bits per heavy atom. The molecule has 1 unspecified atom stereocenters. The summed E-state index contributed by atoms with van der Waals surface area (Å²) < 4.78 is 90.3. The minimum atomic E-state index is -5.30. The van der Waals surface area contributed by atoms with Gasteiger partial charge in [-0.05, 0) is 62.5 Å². The molecule has 4 rings (SSSR count). The molecule has 0 N–H and O–H groups in total. The smallest absolute Gasteiger partial charge is 0.491 e. The second kappa shape index (κ2) is 11.9. The standard InChI is InChI=1S/C29H32F6N2O4/c1-19(2)18-40-23-9-4-3-6-21(23)17-36-13-10-27(11-14-36)12-15-37(25(27)41-26(39)29(33,34)35)24(38)20-7-5-8-22(16-20)28(30,31)32/h3-9,16,19,25H,10-15,17-18H2,1-2H3. The Bertz CT molecular complexity index is 1240. The van der Waals surface area contributed by atoms with E-state index in [9.17, 15) is 35.9 Å². The van der Waals surface area contributed by atoms with Crippen molar-refractivity contribution in [2.75, 3.05) is 26.2 Å². The van der Waals surface area contributed by atoms with E-state index in [2.05, 4.69) is 4.90 Å². The van der Waals surface area contributed by atoms with Gasteiger partial charge >= 0.3 is 18.3 Å². The number of alkyl halides is 6. The highest BCUT2D eigenvalue weighted by Crippen LogP contribution is 2.47. The van der Waals surface area contributed by atoms with Gasteiger partial charge in [-0.2, -0.15) is 26.3 Å². The van der Waals surface area contributed by atoms with Crippen LogP contribution in [0.2, 0.25) is 0 Å². The molecule has 12 heteroatoms. The lowest BCUT2D eigenvalue weighted by atomic mass is 9.76. The molecule has 41 heavy (non-hydrogen) atoms. The number of hydrogen-bond acceptors (Lipinski definition) is 5. The van der Waals surface area contributed by atoms with Crippen molar-refractivity contribution in [2.45, 2.75) is 58.2 Å². The molecule has 1 spiro atoms. The van der Waals surface area contributed by atoms with E-state index in [-0.39, 0.29) is 18.5 Å². The van der Waals surface area contributed by atoms with Crippen LogP contribution in [0.3, 0.4) is 0 Å². The van der Waals surface area contributed by atoms with Crippen molar-refractivity contribution in [3.05, 3.63) is 65.2 Å². The van der Waals surface area contributed by atoms with Crippen molar-refractivity contribution in [1.29, 1.82) is 0 Å². The molecule has 2 aliphatic rings. The minimum Gasteiger partial charge on any atom is -0.493 e. The van der Waals surface area contributed by atoms with Crippen LogP contribution in [-0.2, 0) is 22.3 Å². The molecule has 2 aromatic carbocycles. The monoisotopic (exact) mass is 586 g/mol. The molecule has 2 heterocycles. The summed E-state index contributed by atoms with van der Waals surface area (Å²) in [5.74, 6) is -2.29. The molecular formula is C29H32F6N2O4. The number of benzene rings is 2. The van der Waals surface area contributed by atoms with Crippen molar-refractivity contribution in [1.82, 2.24) is 9.80 Å². The first-order chi connectivity index (χ1) is 19.2. The van der Waals surface area contributed by atoms with Crippen LogP contribution in [0.25, 0.3) is 0 Å². The van der Waals surface area contributed by atoms with E-state index >= 15 is 0 Å². The summed E-state index contributed by atoms with van der Waals surface area (Å²) in [6, 6.07) is 11.3. The van der Waals surface area contributed by atoms with Gasteiger partial charge in [-0.25, -0.2) is 4.79 Å². The van der Waals surface area contributed by atoms with Crippen LogP contribution in [0.1, 0.15) is 54.6 Å². The third-order valence-corrected chi connectivity index (χ3v) is 7.60. The lowest BCUT2D eigenvalue weighted by Crippen LogP contribution is -2.51. The highest BCUT2D eigenvalue weighted by Gasteiger charge is 2.55. The average molecular weight is 587 g/mol. The molecule has 0 saturated carbocycles. The average Bonchev–Trinajstić information content (AvgIpc) is 3.25. The highest BCUT2D eigenvalue weighted by atomic mass is 19.4. The molecule has 1 amide bonds. The van der Waals surface area contributed by atoms with Crippen molar-refractivity contribution in [3.8, 4) is 5.75 Å². The zero-order valence-corrected chi connectivity index (χ0v) is 22.7. The summed E-state index contributed by atoms with van der Waals surface area (Å²) in [4.78, 5) is 28.3. The maximum atomic E-state index is 13.3. The number of ether oxygens (including phenoxy) is 2. The molecule has 2 fully saturated rings. The van der Waals surface area contributed by atoms with Crippen LogP contribution >= 0.6 is 0 Å². The number of esters is 1. The molecule has 6 nitrogen and oxygen atoms in total. The van der Waals surface area contributed by atoms with Gasteiger partial charge in [0.25, 0.3) is 5.91 Å². The number of amides is 1. The second-order valence-corrected chi connectivity index (χ2v) is 11.0. The summed E-state index contributed by atoms with van der Waals surface area (Å²) in [5, 5.41) is 0. The number of hydrogen-bond donors (Lipinski definition) is 0. The largest absolute Gasteiger partial charge is 0.493 e. The molecule has 2 aliphatic heterocycles. The molecule has 2 saturated heterocycles. The lowest BCUT2D eigenvalue weighted by molar-refractivity contribution is -0.217. The minimum absolute atomic E-state index is 0.0588. The van der Waals surface area contributed by atoms with Crippen LogP contribution in [0.5, 0.6) is 5.75 Å². The normalized spacial score (nSPS) is 19.5. The number of para-hydroxylation sites is 1. The summed E-state index contributed by atoms with van der Waals surface area (Å²) >= 11 is 0. The Balaban J connectivity index is 1.53. The van der Waals surface area contributed by atoms with Crippen molar-refractivity contribution >= 4 is 11.9 Å². The predicted octanol–water partition coefficient (Wildman–Crippen LogP) is 6.30. The number of piperidine rings is 1. The topological polar surface area (TPSA) is 59.1 Å². The van der Waals surface area contributed by atoms with E-state index in [4.69, 9.17) is 9.47 Å². The van der Waals surface area contributed by atoms with Crippen LogP contribution in [-0.4, -0.2) is 60.3 Å². The van der Waals surface area contributed by atoms with Gasteiger partial charge in [0.1, 0.15) is 5.75 Å². The molecule has 0 aromatic heterocycles. The van der Waals surface area contributed by atoms with Crippen molar-refractivity contribution in [3.63, 3.8) is 0 Å². The van der Waals surface area contributed by atoms with E-state index in [1.54, 1.807) is 0 Å². The third-order valence-electron chi connectivity index (χ3n) is 7.60. The molecule has 0 radical (unpaired) electrons. The summed E-state index contributed by atoms with van der Waals surface area (Å²) in [7, 11) is 0. The maximum Gasteiger partial charge on any atom is 0.491 e. The van der Waals surface area contributed by atoms with Gasteiger partial charge in [0, 0.05) is 29.6 Å². The van der Waals surface area contributed by atoms with Gasteiger partial charge in [-0.1, -0.05) is 38.1 Å². The number of nitrogens with zero attached hydrogens (tertiary/aromatic N) is 2. The predicted molar refractivity (Wildman–Crippen MR) is 137 cm³/mol. The summed E-state index contributed by atoms with van der Waals surface area (Å²) in [5.41, 5.74) is -1.42. The Morgan fingerprint density at radius 3 is 2.24 bits per heavy atom. The van der Waals surface area contributed by atoms with Gasteiger partial charge in [-0.3, -0.25) is 9.69 Å². The van der Waals surface area contributed by atoms with Gasteiger partial charge in [0.2, 0.25) is 0 Å². The molecule has 2 aromatic rings. The fraction of sp³-hybridized carbons (Fsp3) is 0.517. The number of rotatable bonds is 7. The molecule has 0 aliphatic carbocycles. The zero-order valence-electron chi connectivity index (χ0n) is 22.7. The van der Waals surface area contributed by atoms with E-state index in [0.29, 0.717) is 51.1 Å². The quantitative estimate of drug-likeness (QED) is 0.282. The number of carbonyl (C=O) groups excluding carboxylic acids is 2. The van der Waals surface area contributed by atoms with Gasteiger partial charge in [0.15, 0.2) is 6.23 Å². The fourth-order valence-corrected chi connectivity index (χ4v) is 5.40. The van der Waals surface area contributed by atoms with Crippen LogP contribution < -0.4 is 4.74 Å².